The highest BCUT2D eigenvalue weighted by atomic mass is 15.0. The second-order valence-corrected chi connectivity index (χ2v) is 13.0. The molecule has 5 heteroatoms. The van der Waals surface area contributed by atoms with E-state index in [1.54, 1.807) is 0 Å². The molecule has 0 radical (unpaired) electrons. The van der Waals surface area contributed by atoms with E-state index in [2.05, 4.69) is 91.0 Å². The molecule has 0 unspecified atom stereocenters. The Bertz CT molecular complexity index is 2670. The summed E-state index contributed by atoms with van der Waals surface area (Å²) in [6, 6.07) is 56.7. The summed E-state index contributed by atoms with van der Waals surface area (Å²) in [5.41, 5.74) is 9.53. The molecule has 0 aliphatic rings. The van der Waals surface area contributed by atoms with Gasteiger partial charge in [0.05, 0.1) is 0 Å². The van der Waals surface area contributed by atoms with Crippen molar-refractivity contribution in [3.05, 3.63) is 175 Å². The highest BCUT2D eigenvalue weighted by molar-refractivity contribution is 6.14. The fourth-order valence-corrected chi connectivity index (χ4v) is 7.12. The summed E-state index contributed by atoms with van der Waals surface area (Å²) in [7, 11) is 0. The van der Waals surface area contributed by atoms with Crippen LogP contribution in [0.5, 0.6) is 0 Å². The SMILES string of the molecule is Cc1cc(C)nc(-c2c(-c3ccccc3)cc(-c3cc4ccccc4c4ccccc34)cc2-c2nc(-c3ccccc3)nc(-c3ccccc3)n2)n1. The molecule has 0 amide bonds. The van der Waals surface area contributed by atoms with Crippen molar-refractivity contribution < 1.29 is 0 Å². The maximum atomic E-state index is 5.23. The molecule has 7 aromatic carbocycles. The summed E-state index contributed by atoms with van der Waals surface area (Å²) < 4.78 is 0. The fourth-order valence-electron chi connectivity index (χ4n) is 7.12. The van der Waals surface area contributed by atoms with Crippen molar-refractivity contribution in [2.24, 2.45) is 0 Å². The van der Waals surface area contributed by atoms with Gasteiger partial charge in [0.25, 0.3) is 0 Å². The van der Waals surface area contributed by atoms with Gasteiger partial charge in [0.2, 0.25) is 0 Å². The zero-order valence-corrected chi connectivity index (χ0v) is 28.8. The molecular formula is C47H33N5. The number of hydrogen-bond acceptors (Lipinski definition) is 5. The highest BCUT2D eigenvalue weighted by Crippen LogP contribution is 2.44. The summed E-state index contributed by atoms with van der Waals surface area (Å²) in [5.74, 6) is 2.37. The van der Waals surface area contributed by atoms with Crippen molar-refractivity contribution >= 4 is 21.5 Å². The number of hydrogen-bond donors (Lipinski definition) is 0. The lowest BCUT2D eigenvalue weighted by Gasteiger charge is -2.19. The Morgan fingerprint density at radius 3 is 1.40 bits per heavy atom. The molecular weight excluding hydrogens is 635 g/mol. The van der Waals surface area contributed by atoms with Crippen molar-refractivity contribution in [1.29, 1.82) is 0 Å². The minimum Gasteiger partial charge on any atom is -0.233 e. The molecule has 9 rings (SSSR count). The van der Waals surface area contributed by atoms with Crippen LogP contribution in [-0.2, 0) is 0 Å². The van der Waals surface area contributed by atoms with Crippen molar-refractivity contribution in [1.82, 2.24) is 24.9 Å². The minimum absolute atomic E-state index is 0.551. The van der Waals surface area contributed by atoms with Crippen LogP contribution in [0.25, 0.3) is 89.4 Å². The van der Waals surface area contributed by atoms with Gasteiger partial charge in [0.15, 0.2) is 23.3 Å². The summed E-state index contributed by atoms with van der Waals surface area (Å²) in [4.78, 5) is 25.6. The quantitative estimate of drug-likeness (QED) is 0.165. The lowest BCUT2D eigenvalue weighted by molar-refractivity contribution is 1.05. The van der Waals surface area contributed by atoms with E-state index in [-0.39, 0.29) is 0 Å². The van der Waals surface area contributed by atoms with Gasteiger partial charge >= 0.3 is 0 Å². The van der Waals surface area contributed by atoms with E-state index in [0.29, 0.717) is 23.3 Å². The molecule has 0 saturated heterocycles. The molecule has 0 aliphatic carbocycles. The summed E-state index contributed by atoms with van der Waals surface area (Å²) in [6.07, 6.45) is 0. The van der Waals surface area contributed by atoms with E-state index in [4.69, 9.17) is 24.9 Å². The van der Waals surface area contributed by atoms with Crippen molar-refractivity contribution in [2.75, 3.05) is 0 Å². The van der Waals surface area contributed by atoms with Gasteiger partial charge in [-0.15, -0.1) is 0 Å². The molecule has 5 nitrogen and oxygen atoms in total. The van der Waals surface area contributed by atoms with Crippen LogP contribution in [0.15, 0.2) is 164 Å². The highest BCUT2D eigenvalue weighted by Gasteiger charge is 2.24. The van der Waals surface area contributed by atoms with Gasteiger partial charge in [0, 0.05) is 33.6 Å². The van der Waals surface area contributed by atoms with E-state index < -0.39 is 0 Å². The van der Waals surface area contributed by atoms with Gasteiger partial charge in [-0.05, 0) is 81.9 Å². The summed E-state index contributed by atoms with van der Waals surface area (Å²) >= 11 is 0. The molecule has 246 valence electrons. The first-order chi connectivity index (χ1) is 25.6. The lowest BCUT2D eigenvalue weighted by atomic mass is 9.87. The predicted molar refractivity (Wildman–Crippen MR) is 213 cm³/mol. The molecule has 0 bridgehead atoms. The fraction of sp³-hybridized carbons (Fsp3) is 0.0426. The molecule has 0 spiro atoms. The van der Waals surface area contributed by atoms with Gasteiger partial charge in [-0.3, -0.25) is 0 Å². The first kappa shape index (κ1) is 31.2. The van der Waals surface area contributed by atoms with Crippen molar-refractivity contribution in [3.8, 4) is 67.8 Å². The summed E-state index contributed by atoms with van der Waals surface area (Å²) in [6.45, 7) is 4.03. The van der Waals surface area contributed by atoms with E-state index in [1.165, 1.54) is 21.5 Å². The lowest BCUT2D eigenvalue weighted by Crippen LogP contribution is -2.04. The number of benzene rings is 7. The Kier molecular flexibility index (Phi) is 7.86. The number of aromatic nitrogens is 5. The van der Waals surface area contributed by atoms with Crippen LogP contribution in [0.3, 0.4) is 0 Å². The number of aryl methyl sites for hydroxylation is 2. The molecule has 9 aromatic rings. The van der Waals surface area contributed by atoms with Crippen LogP contribution >= 0.6 is 0 Å². The molecule has 2 heterocycles. The van der Waals surface area contributed by atoms with Crippen LogP contribution in [0.2, 0.25) is 0 Å². The van der Waals surface area contributed by atoms with Gasteiger partial charge < -0.3 is 0 Å². The standard InChI is InChI=1S/C47H33N5/c1-30-26-31(2)49-47(48-30)43-41(32-16-6-3-7-17-32)28-36(40-27-35-22-12-13-23-37(35)38-24-14-15-25-39(38)40)29-42(43)46-51-44(33-18-8-4-9-19-33)50-45(52-46)34-20-10-5-11-21-34/h3-29H,1-2H3. The third-order valence-electron chi connectivity index (χ3n) is 9.45. The maximum absolute atomic E-state index is 5.23. The Morgan fingerprint density at radius 2 is 0.788 bits per heavy atom. The Labute approximate surface area is 302 Å². The normalized spacial score (nSPS) is 11.3. The van der Waals surface area contributed by atoms with Crippen molar-refractivity contribution in [2.45, 2.75) is 13.8 Å². The largest absolute Gasteiger partial charge is 0.233 e. The van der Waals surface area contributed by atoms with Crippen LogP contribution < -0.4 is 0 Å². The summed E-state index contributed by atoms with van der Waals surface area (Å²) in [5, 5.41) is 4.78. The van der Waals surface area contributed by atoms with E-state index in [1.807, 2.05) is 86.6 Å². The van der Waals surface area contributed by atoms with Crippen LogP contribution in [-0.4, -0.2) is 24.9 Å². The average molecular weight is 668 g/mol. The Balaban J connectivity index is 1.43. The zero-order chi connectivity index (χ0) is 35.0. The molecule has 2 aromatic heterocycles. The van der Waals surface area contributed by atoms with E-state index >= 15 is 0 Å². The van der Waals surface area contributed by atoms with E-state index in [9.17, 15) is 0 Å². The van der Waals surface area contributed by atoms with Gasteiger partial charge in [-0.25, -0.2) is 24.9 Å². The first-order valence-corrected chi connectivity index (χ1v) is 17.4. The monoisotopic (exact) mass is 667 g/mol. The number of fused-ring (bicyclic) bond motifs is 3. The molecule has 0 saturated carbocycles. The second kappa shape index (κ2) is 13.1. The Morgan fingerprint density at radius 1 is 0.308 bits per heavy atom. The third kappa shape index (κ3) is 5.78. The smallest absolute Gasteiger partial charge is 0.164 e. The zero-order valence-electron chi connectivity index (χ0n) is 28.8. The average Bonchev–Trinajstić information content (AvgIpc) is 3.20. The van der Waals surface area contributed by atoms with Gasteiger partial charge in [0.1, 0.15) is 0 Å². The van der Waals surface area contributed by atoms with Crippen LogP contribution in [0.1, 0.15) is 11.4 Å². The predicted octanol–water partition coefficient (Wildman–Crippen LogP) is 11.6. The first-order valence-electron chi connectivity index (χ1n) is 17.4. The van der Waals surface area contributed by atoms with Crippen LogP contribution in [0, 0.1) is 13.8 Å². The van der Waals surface area contributed by atoms with E-state index in [0.717, 1.165) is 55.9 Å². The molecule has 0 atom stereocenters. The van der Waals surface area contributed by atoms with Gasteiger partial charge in [-0.1, -0.05) is 140 Å². The minimum atomic E-state index is 0.551. The second-order valence-electron chi connectivity index (χ2n) is 13.0. The Hall–Kier alpha value is -6.85. The molecule has 0 fully saturated rings. The number of nitrogens with zero attached hydrogens (tertiary/aromatic N) is 5. The molecule has 0 N–H and O–H groups in total. The third-order valence-corrected chi connectivity index (χ3v) is 9.45. The van der Waals surface area contributed by atoms with Crippen LogP contribution in [0.4, 0.5) is 0 Å². The molecule has 0 aliphatic heterocycles. The molecule has 52 heavy (non-hydrogen) atoms. The van der Waals surface area contributed by atoms with Gasteiger partial charge in [-0.2, -0.15) is 0 Å². The topological polar surface area (TPSA) is 64.5 Å². The maximum Gasteiger partial charge on any atom is 0.164 e. The van der Waals surface area contributed by atoms with Crippen molar-refractivity contribution in [3.63, 3.8) is 0 Å². The number of rotatable bonds is 6.